The van der Waals surface area contributed by atoms with Crippen molar-refractivity contribution in [2.45, 2.75) is 40.0 Å². The standard InChI is InChI=1S/C25H34O2/c1-6-20(7-2)16-24-12-13-25(14-19(24)3)23-10-8-21(9-11-23)15-22(17-26-4)18-27-5/h8-14,16,22H,6-7,15,17-18H2,1-5H3. The minimum absolute atomic E-state index is 0.394. The Morgan fingerprint density at radius 3 is 2.00 bits per heavy atom. The number of rotatable bonds is 10. The Labute approximate surface area is 165 Å². The van der Waals surface area contributed by atoms with E-state index in [1.807, 2.05) is 0 Å². The molecule has 2 aromatic carbocycles. The van der Waals surface area contributed by atoms with Crippen LogP contribution in [0.15, 0.2) is 48.0 Å². The molecule has 0 bridgehead atoms. The smallest absolute Gasteiger partial charge is 0.0515 e. The number of ether oxygens (including phenoxy) is 2. The third-order valence-electron chi connectivity index (χ3n) is 5.15. The average molecular weight is 367 g/mol. The van der Waals surface area contributed by atoms with Crippen LogP contribution >= 0.6 is 0 Å². The largest absolute Gasteiger partial charge is 0.384 e. The summed E-state index contributed by atoms with van der Waals surface area (Å²) in [4.78, 5) is 0. The molecule has 0 amide bonds. The van der Waals surface area contributed by atoms with Gasteiger partial charge in [0.05, 0.1) is 13.2 Å². The maximum atomic E-state index is 5.31. The van der Waals surface area contributed by atoms with Gasteiger partial charge in [-0.3, -0.25) is 0 Å². The molecule has 0 atom stereocenters. The molecule has 0 radical (unpaired) electrons. The lowest BCUT2D eigenvalue weighted by Crippen LogP contribution is -2.17. The van der Waals surface area contributed by atoms with E-state index in [1.54, 1.807) is 14.2 Å². The van der Waals surface area contributed by atoms with Gasteiger partial charge >= 0.3 is 0 Å². The van der Waals surface area contributed by atoms with E-state index in [4.69, 9.17) is 9.47 Å². The fraction of sp³-hybridized carbons (Fsp3) is 0.440. The third kappa shape index (κ3) is 6.34. The molecule has 0 aliphatic heterocycles. The molecular weight excluding hydrogens is 332 g/mol. The van der Waals surface area contributed by atoms with E-state index in [2.05, 4.69) is 69.3 Å². The van der Waals surface area contributed by atoms with Gasteiger partial charge in [-0.15, -0.1) is 0 Å². The molecule has 2 heteroatoms. The third-order valence-corrected chi connectivity index (χ3v) is 5.15. The summed E-state index contributed by atoms with van der Waals surface area (Å²) in [7, 11) is 3.49. The molecular formula is C25H34O2. The Morgan fingerprint density at radius 2 is 1.48 bits per heavy atom. The Balaban J connectivity index is 2.14. The number of benzene rings is 2. The van der Waals surface area contributed by atoms with Crippen molar-refractivity contribution in [1.29, 1.82) is 0 Å². The molecule has 0 aliphatic carbocycles. The first-order chi connectivity index (χ1) is 13.1. The Bertz CT molecular complexity index is 716. The fourth-order valence-corrected chi connectivity index (χ4v) is 3.50. The molecule has 0 fully saturated rings. The highest BCUT2D eigenvalue weighted by Crippen LogP contribution is 2.25. The number of hydrogen-bond donors (Lipinski definition) is 0. The van der Waals surface area contributed by atoms with Crippen LogP contribution in [0.3, 0.4) is 0 Å². The maximum Gasteiger partial charge on any atom is 0.0515 e. The molecule has 0 N–H and O–H groups in total. The second kappa shape index (κ2) is 11.1. The molecule has 27 heavy (non-hydrogen) atoms. The summed E-state index contributed by atoms with van der Waals surface area (Å²) < 4.78 is 10.6. The first-order valence-electron chi connectivity index (χ1n) is 9.98. The van der Waals surface area contributed by atoms with Gasteiger partial charge in [0.2, 0.25) is 0 Å². The van der Waals surface area contributed by atoms with Crippen molar-refractivity contribution in [1.82, 2.24) is 0 Å². The molecule has 0 saturated heterocycles. The molecule has 2 aromatic rings. The van der Waals surface area contributed by atoms with Crippen molar-refractivity contribution < 1.29 is 9.47 Å². The monoisotopic (exact) mass is 366 g/mol. The molecule has 0 saturated carbocycles. The lowest BCUT2D eigenvalue weighted by atomic mass is 9.95. The van der Waals surface area contributed by atoms with E-state index < -0.39 is 0 Å². The van der Waals surface area contributed by atoms with Gasteiger partial charge < -0.3 is 9.47 Å². The van der Waals surface area contributed by atoms with E-state index >= 15 is 0 Å². The highest BCUT2D eigenvalue weighted by molar-refractivity contribution is 5.68. The van der Waals surface area contributed by atoms with Crippen molar-refractivity contribution in [3.05, 3.63) is 64.7 Å². The van der Waals surface area contributed by atoms with Crippen LogP contribution in [0.4, 0.5) is 0 Å². The van der Waals surface area contributed by atoms with Crippen molar-refractivity contribution >= 4 is 6.08 Å². The Kier molecular flexibility index (Phi) is 8.77. The molecule has 2 nitrogen and oxygen atoms in total. The van der Waals surface area contributed by atoms with Gasteiger partial charge in [-0.05, 0) is 54.0 Å². The van der Waals surface area contributed by atoms with Crippen LogP contribution in [0.1, 0.15) is 43.4 Å². The Morgan fingerprint density at radius 1 is 0.889 bits per heavy atom. The second-order valence-electron chi connectivity index (χ2n) is 7.26. The van der Waals surface area contributed by atoms with Crippen molar-refractivity contribution in [2.75, 3.05) is 27.4 Å². The van der Waals surface area contributed by atoms with E-state index in [9.17, 15) is 0 Å². The molecule has 0 heterocycles. The summed E-state index contributed by atoms with van der Waals surface area (Å²) in [5.41, 5.74) is 8.02. The number of aryl methyl sites for hydroxylation is 1. The molecule has 2 rings (SSSR count). The van der Waals surface area contributed by atoms with Gasteiger partial charge in [0.15, 0.2) is 0 Å². The summed E-state index contributed by atoms with van der Waals surface area (Å²) in [6, 6.07) is 15.7. The molecule has 0 unspecified atom stereocenters. The number of methoxy groups -OCH3 is 2. The van der Waals surface area contributed by atoms with Crippen LogP contribution in [0.5, 0.6) is 0 Å². The zero-order valence-corrected chi connectivity index (χ0v) is 17.5. The molecule has 146 valence electrons. The first-order valence-corrected chi connectivity index (χ1v) is 9.98. The lowest BCUT2D eigenvalue weighted by molar-refractivity contribution is 0.0848. The lowest BCUT2D eigenvalue weighted by Gasteiger charge is -2.15. The highest BCUT2D eigenvalue weighted by atomic mass is 16.5. The summed E-state index contributed by atoms with van der Waals surface area (Å²) in [5.74, 6) is 0.394. The Hall–Kier alpha value is -1.90. The zero-order valence-electron chi connectivity index (χ0n) is 17.5. The van der Waals surface area contributed by atoms with Gasteiger partial charge in [-0.1, -0.05) is 68.0 Å². The van der Waals surface area contributed by atoms with Gasteiger partial charge in [0.25, 0.3) is 0 Å². The average Bonchev–Trinajstić information content (AvgIpc) is 2.68. The normalized spacial score (nSPS) is 11.0. The van der Waals surface area contributed by atoms with E-state index in [-0.39, 0.29) is 0 Å². The van der Waals surface area contributed by atoms with Crippen molar-refractivity contribution in [2.24, 2.45) is 5.92 Å². The maximum absolute atomic E-state index is 5.31. The predicted molar refractivity (Wildman–Crippen MR) is 116 cm³/mol. The van der Waals surface area contributed by atoms with E-state index in [1.165, 1.54) is 33.4 Å². The summed E-state index contributed by atoms with van der Waals surface area (Å²) in [5, 5.41) is 0. The van der Waals surface area contributed by atoms with Gasteiger partial charge in [-0.2, -0.15) is 0 Å². The van der Waals surface area contributed by atoms with Crippen LogP contribution in [-0.4, -0.2) is 27.4 Å². The molecule has 0 aliphatic rings. The van der Waals surface area contributed by atoms with E-state index in [0.717, 1.165) is 32.5 Å². The van der Waals surface area contributed by atoms with Crippen LogP contribution < -0.4 is 0 Å². The minimum atomic E-state index is 0.394. The first kappa shape index (κ1) is 21.4. The summed E-state index contributed by atoms with van der Waals surface area (Å²) in [6.07, 6.45) is 5.55. The fourth-order valence-electron chi connectivity index (χ4n) is 3.50. The quantitative estimate of drug-likeness (QED) is 0.490. The van der Waals surface area contributed by atoms with Crippen molar-refractivity contribution in [3.8, 4) is 11.1 Å². The van der Waals surface area contributed by atoms with Gasteiger partial charge in [0, 0.05) is 20.1 Å². The van der Waals surface area contributed by atoms with E-state index in [0.29, 0.717) is 5.92 Å². The highest BCUT2D eigenvalue weighted by Gasteiger charge is 2.10. The van der Waals surface area contributed by atoms with Crippen LogP contribution in [0, 0.1) is 12.8 Å². The van der Waals surface area contributed by atoms with Gasteiger partial charge in [0.1, 0.15) is 0 Å². The van der Waals surface area contributed by atoms with Crippen LogP contribution in [-0.2, 0) is 15.9 Å². The molecule has 0 aromatic heterocycles. The van der Waals surface area contributed by atoms with Gasteiger partial charge in [-0.25, -0.2) is 0 Å². The summed E-state index contributed by atoms with van der Waals surface area (Å²) >= 11 is 0. The number of allylic oxidation sites excluding steroid dienone is 1. The zero-order chi connectivity index (χ0) is 19.6. The topological polar surface area (TPSA) is 18.5 Å². The predicted octanol–water partition coefficient (Wildman–Crippen LogP) is 6.32. The van der Waals surface area contributed by atoms with Crippen molar-refractivity contribution in [3.63, 3.8) is 0 Å². The van der Waals surface area contributed by atoms with Crippen LogP contribution in [0.2, 0.25) is 0 Å². The SMILES string of the molecule is CCC(=Cc1ccc(-c2ccc(CC(COC)COC)cc2)cc1C)CC. The molecule has 0 spiro atoms. The second-order valence-corrected chi connectivity index (χ2v) is 7.26. The number of hydrogen-bond acceptors (Lipinski definition) is 2. The minimum Gasteiger partial charge on any atom is -0.384 e. The summed E-state index contributed by atoms with van der Waals surface area (Å²) in [6.45, 7) is 8.10. The van der Waals surface area contributed by atoms with Crippen LogP contribution in [0.25, 0.3) is 17.2 Å².